The minimum Gasteiger partial charge on any atom is -0.342 e. The average molecular weight is 247 g/mol. The molecule has 1 aromatic rings. The Hall–Kier alpha value is -1.45. The molecular weight excluding hydrogens is 226 g/mol. The van der Waals surface area contributed by atoms with Crippen LogP contribution in [0, 0.1) is 11.8 Å². The summed E-state index contributed by atoms with van der Waals surface area (Å²) in [6, 6.07) is 0. The lowest BCUT2D eigenvalue weighted by Gasteiger charge is -2.33. The van der Waals surface area contributed by atoms with Crippen LogP contribution in [0.1, 0.15) is 32.4 Å². The highest BCUT2D eigenvalue weighted by Crippen LogP contribution is 2.21. The van der Waals surface area contributed by atoms with Gasteiger partial charge in [-0.25, -0.2) is 0 Å². The number of likely N-dealkylation sites (tertiary alicyclic amines) is 1. The fraction of sp³-hybridized carbons (Fsp3) is 0.643. The molecule has 0 atom stereocenters. The molecule has 0 radical (unpaired) electrons. The summed E-state index contributed by atoms with van der Waals surface area (Å²) in [6.45, 7) is 5.71. The topological polar surface area (TPSA) is 46.1 Å². The maximum atomic E-state index is 11.9. The second-order valence-electron chi connectivity index (χ2n) is 5.32. The zero-order valence-electron chi connectivity index (χ0n) is 11.2. The van der Waals surface area contributed by atoms with Crippen LogP contribution in [-0.2, 0) is 11.2 Å². The minimum absolute atomic E-state index is 0.113. The first-order chi connectivity index (χ1) is 8.66. The third-order valence-electron chi connectivity index (χ3n) is 3.53. The summed E-state index contributed by atoms with van der Waals surface area (Å²) < 4.78 is 0. The summed E-state index contributed by atoms with van der Waals surface area (Å²) in [6.07, 6.45) is 8.42. The van der Waals surface area contributed by atoms with Gasteiger partial charge in [0.15, 0.2) is 0 Å². The largest absolute Gasteiger partial charge is 0.342 e. The van der Waals surface area contributed by atoms with Crippen LogP contribution in [0.25, 0.3) is 0 Å². The highest BCUT2D eigenvalue weighted by Gasteiger charge is 2.24. The molecule has 4 nitrogen and oxygen atoms in total. The summed E-state index contributed by atoms with van der Waals surface area (Å²) in [5.41, 5.74) is 1.06. The van der Waals surface area contributed by atoms with Crippen molar-refractivity contribution in [3.8, 4) is 0 Å². The first-order valence-electron chi connectivity index (χ1n) is 6.70. The first-order valence-corrected chi connectivity index (χ1v) is 6.70. The van der Waals surface area contributed by atoms with Gasteiger partial charge in [0.1, 0.15) is 0 Å². The van der Waals surface area contributed by atoms with E-state index in [0.29, 0.717) is 5.92 Å². The number of amides is 1. The van der Waals surface area contributed by atoms with E-state index in [1.165, 1.54) is 0 Å². The molecular formula is C14H21N3O. The van der Waals surface area contributed by atoms with Crippen LogP contribution in [0.15, 0.2) is 18.6 Å². The molecule has 0 saturated carbocycles. The molecule has 18 heavy (non-hydrogen) atoms. The summed E-state index contributed by atoms with van der Waals surface area (Å²) in [5, 5.41) is 0. The van der Waals surface area contributed by atoms with Crippen molar-refractivity contribution in [3.63, 3.8) is 0 Å². The van der Waals surface area contributed by atoms with Crippen LogP contribution in [0.4, 0.5) is 0 Å². The van der Waals surface area contributed by atoms with Crippen LogP contribution >= 0.6 is 0 Å². The van der Waals surface area contributed by atoms with Crippen LogP contribution in [0.3, 0.4) is 0 Å². The summed E-state index contributed by atoms with van der Waals surface area (Å²) in [7, 11) is 0. The number of hydrogen-bond donors (Lipinski definition) is 0. The Morgan fingerprint density at radius 2 is 2.11 bits per heavy atom. The number of aromatic nitrogens is 2. The quantitative estimate of drug-likeness (QED) is 0.819. The van der Waals surface area contributed by atoms with Gasteiger partial charge in [0.25, 0.3) is 0 Å². The van der Waals surface area contributed by atoms with Gasteiger partial charge in [-0.15, -0.1) is 0 Å². The van der Waals surface area contributed by atoms with Crippen LogP contribution in [0.2, 0.25) is 0 Å². The third-order valence-corrected chi connectivity index (χ3v) is 3.53. The van der Waals surface area contributed by atoms with Crippen LogP contribution in [-0.4, -0.2) is 33.9 Å². The summed E-state index contributed by atoms with van der Waals surface area (Å²) in [5.74, 6) is 1.03. The molecule has 1 saturated heterocycles. The molecule has 0 aromatic carbocycles. The first kappa shape index (κ1) is 13.0. The molecule has 0 spiro atoms. The Morgan fingerprint density at radius 3 is 2.67 bits per heavy atom. The van der Waals surface area contributed by atoms with Crippen molar-refractivity contribution in [1.82, 2.24) is 14.9 Å². The van der Waals surface area contributed by atoms with E-state index in [0.717, 1.165) is 38.0 Å². The van der Waals surface area contributed by atoms with E-state index in [1.54, 1.807) is 12.4 Å². The van der Waals surface area contributed by atoms with Crippen molar-refractivity contribution < 1.29 is 4.79 Å². The van der Waals surface area contributed by atoms with Crippen molar-refractivity contribution in [2.45, 2.75) is 33.1 Å². The van der Waals surface area contributed by atoms with E-state index < -0.39 is 0 Å². The molecule has 2 rings (SSSR count). The van der Waals surface area contributed by atoms with Crippen molar-refractivity contribution in [3.05, 3.63) is 24.3 Å². The molecule has 0 bridgehead atoms. The van der Waals surface area contributed by atoms with E-state index >= 15 is 0 Å². The van der Waals surface area contributed by atoms with Gasteiger partial charge in [0.05, 0.1) is 5.69 Å². The van der Waals surface area contributed by atoms with E-state index in [2.05, 4.69) is 9.97 Å². The van der Waals surface area contributed by atoms with Gasteiger partial charge in [-0.1, -0.05) is 13.8 Å². The van der Waals surface area contributed by atoms with Gasteiger partial charge >= 0.3 is 0 Å². The molecule has 0 unspecified atom stereocenters. The van der Waals surface area contributed by atoms with Crippen LogP contribution < -0.4 is 0 Å². The highest BCUT2D eigenvalue weighted by molar-refractivity contribution is 5.78. The van der Waals surface area contributed by atoms with Crippen LogP contribution in [0.5, 0.6) is 0 Å². The van der Waals surface area contributed by atoms with Gasteiger partial charge in [-0.3, -0.25) is 14.8 Å². The number of nitrogens with zero attached hydrogens (tertiary/aromatic N) is 3. The van der Waals surface area contributed by atoms with E-state index in [9.17, 15) is 4.79 Å². The van der Waals surface area contributed by atoms with Gasteiger partial charge in [-0.2, -0.15) is 0 Å². The van der Waals surface area contributed by atoms with E-state index in [-0.39, 0.29) is 11.8 Å². The smallest absolute Gasteiger partial charge is 0.225 e. The molecule has 0 aliphatic carbocycles. The second kappa shape index (κ2) is 5.94. The number of piperidine rings is 1. The molecule has 98 valence electrons. The zero-order chi connectivity index (χ0) is 13.0. The Morgan fingerprint density at radius 1 is 1.39 bits per heavy atom. The van der Waals surface area contributed by atoms with Crippen molar-refractivity contribution in [2.24, 2.45) is 11.8 Å². The Labute approximate surface area is 108 Å². The lowest BCUT2D eigenvalue weighted by Crippen LogP contribution is -2.41. The third kappa shape index (κ3) is 3.28. The van der Waals surface area contributed by atoms with Gasteiger partial charge in [0.2, 0.25) is 5.91 Å². The maximum Gasteiger partial charge on any atom is 0.225 e. The Bertz CT molecular complexity index is 383. The van der Waals surface area contributed by atoms with Gasteiger partial charge in [-0.05, 0) is 25.2 Å². The summed E-state index contributed by atoms with van der Waals surface area (Å²) in [4.78, 5) is 22.3. The number of carbonyl (C=O) groups excluding carboxylic acids is 1. The number of hydrogen-bond acceptors (Lipinski definition) is 3. The minimum atomic E-state index is 0.113. The average Bonchev–Trinajstić information content (AvgIpc) is 2.40. The monoisotopic (exact) mass is 247 g/mol. The lowest BCUT2D eigenvalue weighted by atomic mass is 9.92. The summed E-state index contributed by atoms with van der Waals surface area (Å²) >= 11 is 0. The molecule has 1 aliphatic heterocycles. The number of carbonyl (C=O) groups is 1. The van der Waals surface area contributed by atoms with Crippen molar-refractivity contribution in [2.75, 3.05) is 13.1 Å². The molecule has 4 heteroatoms. The zero-order valence-corrected chi connectivity index (χ0v) is 11.2. The van der Waals surface area contributed by atoms with E-state index in [4.69, 9.17) is 0 Å². The number of rotatable bonds is 3. The molecule has 0 N–H and O–H groups in total. The Balaban J connectivity index is 1.82. The van der Waals surface area contributed by atoms with Crippen molar-refractivity contribution >= 4 is 5.91 Å². The standard InChI is InChI=1S/C14H21N3O/c1-11(2)14(18)17-7-3-12(4-8-17)9-13-10-15-5-6-16-13/h5-6,10-12H,3-4,7-9H2,1-2H3. The normalized spacial score (nSPS) is 17.2. The second-order valence-corrected chi connectivity index (χ2v) is 5.32. The SMILES string of the molecule is CC(C)C(=O)N1CCC(Cc2cnccn2)CC1. The van der Waals surface area contributed by atoms with E-state index in [1.807, 2.05) is 24.9 Å². The molecule has 1 amide bonds. The molecule has 1 aromatic heterocycles. The Kier molecular flexibility index (Phi) is 4.28. The predicted octanol–water partition coefficient (Wildman–Crippen LogP) is 1.91. The fourth-order valence-corrected chi connectivity index (χ4v) is 2.45. The highest BCUT2D eigenvalue weighted by atomic mass is 16.2. The molecule has 1 aliphatic rings. The van der Waals surface area contributed by atoms with Gasteiger partial charge in [0, 0.05) is 37.6 Å². The molecule has 2 heterocycles. The lowest BCUT2D eigenvalue weighted by molar-refractivity contribution is -0.135. The van der Waals surface area contributed by atoms with Gasteiger partial charge < -0.3 is 4.90 Å². The fourth-order valence-electron chi connectivity index (χ4n) is 2.45. The molecule has 1 fully saturated rings. The maximum absolute atomic E-state index is 11.9. The van der Waals surface area contributed by atoms with Crippen molar-refractivity contribution in [1.29, 1.82) is 0 Å². The predicted molar refractivity (Wildman–Crippen MR) is 69.9 cm³/mol.